The van der Waals surface area contributed by atoms with E-state index in [-0.39, 0.29) is 0 Å². The molecule has 20 heavy (non-hydrogen) atoms. The molecule has 100 valence electrons. The lowest BCUT2D eigenvalue weighted by Gasteiger charge is -2.07. The minimum atomic E-state index is -0.557. The molecular weight excluding hydrogens is 268 g/mol. The molecule has 1 unspecified atom stereocenters. The van der Waals surface area contributed by atoms with E-state index in [1.54, 1.807) is 12.4 Å². The van der Waals surface area contributed by atoms with Crippen molar-refractivity contribution in [3.05, 3.63) is 70.8 Å². The van der Waals surface area contributed by atoms with Crippen molar-refractivity contribution in [1.29, 1.82) is 0 Å². The highest BCUT2D eigenvalue weighted by atomic mass is 32.1. The number of hydrogen-bond donors (Lipinski definition) is 1. The fourth-order valence-electron chi connectivity index (χ4n) is 2.02. The molecule has 0 spiro atoms. The van der Waals surface area contributed by atoms with Gasteiger partial charge in [0.05, 0.1) is 5.69 Å². The van der Waals surface area contributed by atoms with Gasteiger partial charge in [-0.1, -0.05) is 30.3 Å². The number of aliphatic hydroxyl groups is 1. The number of nitrogens with zero attached hydrogens (tertiary/aromatic N) is 2. The quantitative estimate of drug-likeness (QED) is 0.797. The molecule has 3 aromatic rings. The Kier molecular flexibility index (Phi) is 3.85. The molecule has 2 heterocycles. The van der Waals surface area contributed by atoms with Gasteiger partial charge in [-0.05, 0) is 17.7 Å². The Morgan fingerprint density at radius 2 is 1.80 bits per heavy atom. The SMILES string of the molecule is OC(Cc1ccccc1)c1nc(-c2ccncc2)cs1. The van der Waals surface area contributed by atoms with E-state index in [1.807, 2.05) is 47.8 Å². The average Bonchev–Trinajstić information content (AvgIpc) is 2.99. The Morgan fingerprint density at radius 3 is 2.55 bits per heavy atom. The smallest absolute Gasteiger partial charge is 0.122 e. The van der Waals surface area contributed by atoms with E-state index in [2.05, 4.69) is 9.97 Å². The van der Waals surface area contributed by atoms with E-state index in [4.69, 9.17) is 0 Å². The monoisotopic (exact) mass is 282 g/mol. The molecule has 0 fully saturated rings. The molecular formula is C16H14N2OS. The fraction of sp³-hybridized carbons (Fsp3) is 0.125. The zero-order chi connectivity index (χ0) is 13.8. The lowest BCUT2D eigenvalue weighted by molar-refractivity contribution is 0.178. The van der Waals surface area contributed by atoms with Crippen molar-refractivity contribution in [2.45, 2.75) is 12.5 Å². The van der Waals surface area contributed by atoms with Crippen LogP contribution >= 0.6 is 11.3 Å². The second kappa shape index (κ2) is 5.94. The van der Waals surface area contributed by atoms with Gasteiger partial charge in [0.1, 0.15) is 11.1 Å². The first-order chi connectivity index (χ1) is 9.83. The number of aliphatic hydroxyl groups excluding tert-OH is 1. The Bertz CT molecular complexity index is 667. The molecule has 1 atom stereocenters. The Labute approximate surface area is 121 Å². The molecule has 1 aromatic carbocycles. The summed E-state index contributed by atoms with van der Waals surface area (Å²) in [6, 6.07) is 13.8. The van der Waals surface area contributed by atoms with Crippen LogP contribution in [-0.2, 0) is 6.42 Å². The summed E-state index contributed by atoms with van der Waals surface area (Å²) in [4.78, 5) is 8.51. The van der Waals surface area contributed by atoms with E-state index in [1.165, 1.54) is 11.3 Å². The maximum atomic E-state index is 10.3. The molecule has 1 N–H and O–H groups in total. The number of aromatic nitrogens is 2. The van der Waals surface area contributed by atoms with Gasteiger partial charge in [0, 0.05) is 29.8 Å². The predicted octanol–water partition coefficient (Wildman–Crippen LogP) is 3.48. The number of thiazole rings is 1. The van der Waals surface area contributed by atoms with Gasteiger partial charge < -0.3 is 5.11 Å². The lowest BCUT2D eigenvalue weighted by Crippen LogP contribution is -2.01. The van der Waals surface area contributed by atoms with Crippen LogP contribution in [0.15, 0.2) is 60.2 Å². The third kappa shape index (κ3) is 2.92. The van der Waals surface area contributed by atoms with Gasteiger partial charge in [0.25, 0.3) is 0 Å². The molecule has 3 rings (SSSR count). The van der Waals surface area contributed by atoms with Crippen LogP contribution in [0, 0.1) is 0 Å². The average molecular weight is 282 g/mol. The zero-order valence-corrected chi connectivity index (χ0v) is 11.6. The minimum absolute atomic E-state index is 0.557. The van der Waals surface area contributed by atoms with Crippen LogP contribution in [0.3, 0.4) is 0 Å². The molecule has 0 saturated carbocycles. The van der Waals surface area contributed by atoms with Crippen molar-refractivity contribution in [1.82, 2.24) is 9.97 Å². The second-order valence-corrected chi connectivity index (χ2v) is 5.40. The van der Waals surface area contributed by atoms with Gasteiger partial charge in [0.15, 0.2) is 0 Å². The van der Waals surface area contributed by atoms with E-state index >= 15 is 0 Å². The summed E-state index contributed by atoms with van der Waals surface area (Å²) in [5.41, 5.74) is 3.02. The Morgan fingerprint density at radius 1 is 1.05 bits per heavy atom. The summed E-state index contributed by atoms with van der Waals surface area (Å²) < 4.78 is 0. The zero-order valence-electron chi connectivity index (χ0n) is 10.8. The van der Waals surface area contributed by atoms with E-state index in [9.17, 15) is 5.11 Å². The fourth-order valence-corrected chi connectivity index (χ4v) is 2.83. The second-order valence-electron chi connectivity index (χ2n) is 4.51. The molecule has 0 aliphatic heterocycles. The van der Waals surface area contributed by atoms with E-state index < -0.39 is 6.10 Å². The molecule has 0 saturated heterocycles. The van der Waals surface area contributed by atoms with Gasteiger partial charge in [0.2, 0.25) is 0 Å². The molecule has 0 radical (unpaired) electrons. The summed E-state index contributed by atoms with van der Waals surface area (Å²) in [5.74, 6) is 0. The van der Waals surface area contributed by atoms with E-state index in [0.717, 1.165) is 21.8 Å². The Hall–Kier alpha value is -2.04. The maximum Gasteiger partial charge on any atom is 0.122 e. The third-order valence-electron chi connectivity index (χ3n) is 3.05. The van der Waals surface area contributed by atoms with E-state index in [0.29, 0.717) is 6.42 Å². The first-order valence-corrected chi connectivity index (χ1v) is 7.29. The van der Waals surface area contributed by atoms with Crippen LogP contribution in [0.5, 0.6) is 0 Å². The standard InChI is InChI=1S/C16H14N2OS/c19-15(10-12-4-2-1-3-5-12)16-18-14(11-20-16)13-6-8-17-9-7-13/h1-9,11,15,19H,10H2. The van der Waals surface area contributed by atoms with Crippen LogP contribution in [0.1, 0.15) is 16.7 Å². The van der Waals surface area contributed by atoms with Crippen molar-refractivity contribution >= 4 is 11.3 Å². The first-order valence-electron chi connectivity index (χ1n) is 6.41. The topological polar surface area (TPSA) is 46.0 Å². The number of pyridine rings is 1. The Balaban J connectivity index is 1.77. The van der Waals surface area contributed by atoms with Crippen molar-refractivity contribution in [3.8, 4) is 11.3 Å². The number of benzene rings is 1. The molecule has 4 heteroatoms. The van der Waals surface area contributed by atoms with Crippen LogP contribution in [0.2, 0.25) is 0 Å². The normalized spacial score (nSPS) is 12.2. The van der Waals surface area contributed by atoms with Crippen LogP contribution in [0.25, 0.3) is 11.3 Å². The minimum Gasteiger partial charge on any atom is -0.386 e. The van der Waals surface area contributed by atoms with Crippen LogP contribution < -0.4 is 0 Å². The highest BCUT2D eigenvalue weighted by Gasteiger charge is 2.13. The molecule has 2 aromatic heterocycles. The van der Waals surface area contributed by atoms with Gasteiger partial charge >= 0.3 is 0 Å². The number of rotatable bonds is 4. The highest BCUT2D eigenvalue weighted by Crippen LogP contribution is 2.26. The summed E-state index contributed by atoms with van der Waals surface area (Å²) in [5, 5.41) is 13.0. The largest absolute Gasteiger partial charge is 0.386 e. The van der Waals surface area contributed by atoms with Crippen molar-refractivity contribution < 1.29 is 5.11 Å². The van der Waals surface area contributed by atoms with Crippen LogP contribution in [0.4, 0.5) is 0 Å². The maximum absolute atomic E-state index is 10.3. The van der Waals surface area contributed by atoms with Gasteiger partial charge in [-0.2, -0.15) is 0 Å². The van der Waals surface area contributed by atoms with Crippen molar-refractivity contribution in [3.63, 3.8) is 0 Å². The summed E-state index contributed by atoms with van der Waals surface area (Å²) >= 11 is 1.49. The van der Waals surface area contributed by atoms with Crippen LogP contribution in [-0.4, -0.2) is 15.1 Å². The first kappa shape index (κ1) is 13.0. The molecule has 0 amide bonds. The van der Waals surface area contributed by atoms with Crippen molar-refractivity contribution in [2.24, 2.45) is 0 Å². The molecule has 0 bridgehead atoms. The summed E-state index contributed by atoms with van der Waals surface area (Å²) in [6.07, 6.45) is 3.52. The van der Waals surface area contributed by atoms with Crippen molar-refractivity contribution in [2.75, 3.05) is 0 Å². The predicted molar refractivity (Wildman–Crippen MR) is 80.5 cm³/mol. The molecule has 3 nitrogen and oxygen atoms in total. The summed E-state index contributed by atoms with van der Waals surface area (Å²) in [7, 11) is 0. The van der Waals surface area contributed by atoms with Gasteiger partial charge in [-0.15, -0.1) is 11.3 Å². The number of hydrogen-bond acceptors (Lipinski definition) is 4. The van der Waals surface area contributed by atoms with Gasteiger partial charge in [-0.25, -0.2) is 4.98 Å². The van der Waals surface area contributed by atoms with Gasteiger partial charge in [-0.3, -0.25) is 4.98 Å². The molecule has 0 aliphatic carbocycles. The lowest BCUT2D eigenvalue weighted by atomic mass is 10.1. The summed E-state index contributed by atoms with van der Waals surface area (Å²) in [6.45, 7) is 0. The highest BCUT2D eigenvalue weighted by molar-refractivity contribution is 7.10. The molecule has 0 aliphatic rings. The third-order valence-corrected chi connectivity index (χ3v) is 4.00.